The van der Waals surface area contributed by atoms with Crippen LogP contribution in [0.5, 0.6) is 0 Å². The van der Waals surface area contributed by atoms with Gasteiger partial charge in [-0.1, -0.05) is 164 Å². The molecule has 6 nitrogen and oxygen atoms in total. The second-order valence-electron chi connectivity index (χ2n) is 16.0. The molecule has 0 aliphatic carbocycles. The molecule has 0 amide bonds. The molecule has 0 fully saturated rings. The number of rotatable bonds is 6. The number of hydrogen-bond acceptors (Lipinski definition) is 4. The fourth-order valence-electron chi connectivity index (χ4n) is 9.59. The number of para-hydroxylation sites is 4. The van der Waals surface area contributed by atoms with Gasteiger partial charge in [0, 0.05) is 54.9 Å². The highest BCUT2D eigenvalue weighted by molar-refractivity contribution is 6.25. The summed E-state index contributed by atoms with van der Waals surface area (Å²) in [5.74, 6) is 1.82. The highest BCUT2D eigenvalue weighted by atomic mass is 16.3. The van der Waals surface area contributed by atoms with Crippen molar-refractivity contribution < 1.29 is 4.42 Å². The van der Waals surface area contributed by atoms with Crippen LogP contribution >= 0.6 is 0 Å². The van der Waals surface area contributed by atoms with E-state index < -0.39 is 0 Å². The molecule has 6 heteroatoms. The second kappa shape index (κ2) is 14.0. The van der Waals surface area contributed by atoms with Gasteiger partial charge in [-0.2, -0.15) is 0 Å². The van der Waals surface area contributed by atoms with Crippen molar-refractivity contribution in [3.63, 3.8) is 0 Å². The minimum Gasteiger partial charge on any atom is -0.455 e. The maximum atomic E-state index is 7.07. The fraction of sp³-hybridized carbons (Fsp3) is 0. The Labute approximate surface area is 361 Å². The molecule has 9 aromatic carbocycles. The molecular formula is C57H35N5O. The summed E-state index contributed by atoms with van der Waals surface area (Å²) in [5.41, 5.74) is 13.3. The Kier molecular flexibility index (Phi) is 7.80. The van der Waals surface area contributed by atoms with E-state index in [9.17, 15) is 0 Å². The van der Waals surface area contributed by atoms with Gasteiger partial charge in [0.2, 0.25) is 0 Å². The van der Waals surface area contributed by atoms with Gasteiger partial charge in [0.1, 0.15) is 11.2 Å². The normalized spacial score (nSPS) is 11.8. The van der Waals surface area contributed by atoms with Gasteiger partial charge in [-0.3, -0.25) is 0 Å². The first-order valence-electron chi connectivity index (χ1n) is 21.2. The number of benzene rings is 9. The highest BCUT2D eigenvalue weighted by Gasteiger charge is 2.24. The van der Waals surface area contributed by atoms with Crippen molar-refractivity contribution >= 4 is 65.6 Å². The molecule has 13 aromatic rings. The summed E-state index contributed by atoms with van der Waals surface area (Å²) >= 11 is 0. The van der Waals surface area contributed by atoms with Crippen LogP contribution in [0.1, 0.15) is 0 Å². The quantitative estimate of drug-likeness (QED) is 0.168. The lowest BCUT2D eigenvalue weighted by atomic mass is 10.0. The van der Waals surface area contributed by atoms with Crippen LogP contribution in [0.4, 0.5) is 0 Å². The van der Waals surface area contributed by atoms with Crippen LogP contribution in [0, 0.1) is 0 Å². The van der Waals surface area contributed by atoms with Crippen LogP contribution in [0.3, 0.4) is 0 Å². The third-order valence-electron chi connectivity index (χ3n) is 12.4. The summed E-state index contributed by atoms with van der Waals surface area (Å²) in [6.07, 6.45) is 0. The molecule has 0 spiro atoms. The predicted octanol–water partition coefficient (Wildman–Crippen LogP) is 14.6. The molecule has 0 unspecified atom stereocenters. The van der Waals surface area contributed by atoms with Gasteiger partial charge in [-0.25, -0.2) is 15.0 Å². The molecule has 294 valence electrons. The Bertz CT molecular complexity index is 3830. The first kappa shape index (κ1) is 35.2. The monoisotopic (exact) mass is 805 g/mol. The number of furan rings is 1. The first-order chi connectivity index (χ1) is 31.3. The van der Waals surface area contributed by atoms with Crippen molar-refractivity contribution in [1.82, 2.24) is 24.1 Å². The molecule has 0 saturated heterocycles. The van der Waals surface area contributed by atoms with Gasteiger partial charge in [0.05, 0.1) is 33.1 Å². The lowest BCUT2D eigenvalue weighted by molar-refractivity contribution is 0.673. The van der Waals surface area contributed by atoms with Crippen molar-refractivity contribution in [2.45, 2.75) is 0 Å². The lowest BCUT2D eigenvalue weighted by Crippen LogP contribution is -2.01. The summed E-state index contributed by atoms with van der Waals surface area (Å²) in [5, 5.41) is 6.68. The Morgan fingerprint density at radius 1 is 0.349 bits per heavy atom. The zero-order valence-corrected chi connectivity index (χ0v) is 33.9. The minimum absolute atomic E-state index is 0.585. The maximum Gasteiger partial charge on any atom is 0.164 e. The van der Waals surface area contributed by atoms with Crippen LogP contribution in [0.25, 0.3) is 122 Å². The molecule has 0 atom stereocenters. The van der Waals surface area contributed by atoms with E-state index in [4.69, 9.17) is 19.4 Å². The predicted molar refractivity (Wildman–Crippen MR) is 258 cm³/mol. The van der Waals surface area contributed by atoms with Crippen LogP contribution in [0.15, 0.2) is 217 Å². The molecule has 0 bridgehead atoms. The van der Waals surface area contributed by atoms with Crippen molar-refractivity contribution in [2.24, 2.45) is 0 Å². The summed E-state index contributed by atoms with van der Waals surface area (Å²) < 4.78 is 11.9. The Morgan fingerprint density at radius 2 is 0.921 bits per heavy atom. The van der Waals surface area contributed by atoms with E-state index in [2.05, 4.69) is 161 Å². The van der Waals surface area contributed by atoms with Crippen LogP contribution < -0.4 is 0 Å². The Hall–Kier alpha value is -8.61. The standard InChI is InChI=1S/C57H35N5O/c1-5-17-36(18-6-1)41-26-15-27-44-42-25-13-14-29-47(42)62(52(41)44)49-30-16-28-46-51-48(61(53(46)49)40-23-11-4-12-24-40)34-33-45-43-32-31-39(35-50(43)63-54(45)51)57-59-55(37-19-7-2-8-20-37)58-56(60-57)38-21-9-3-10-22-38/h1-35H. The molecule has 13 rings (SSSR count). The van der Waals surface area contributed by atoms with Crippen LogP contribution in [0.2, 0.25) is 0 Å². The SMILES string of the molecule is c1ccc(-c2nc(-c3ccccc3)nc(-c3ccc4c(c3)oc3c4ccc4c3c3cccc(-n5c6ccccc6c6cccc(-c7ccccc7)c65)c3n4-c3ccccc3)n2)cc1. The summed E-state index contributed by atoms with van der Waals surface area (Å²) in [6.45, 7) is 0. The Balaban J connectivity index is 1.08. The Morgan fingerprint density at radius 3 is 1.63 bits per heavy atom. The molecular weight excluding hydrogens is 771 g/mol. The van der Waals surface area contributed by atoms with E-state index in [0.29, 0.717) is 17.5 Å². The van der Waals surface area contributed by atoms with Gasteiger partial charge in [0.25, 0.3) is 0 Å². The highest BCUT2D eigenvalue weighted by Crippen LogP contribution is 2.45. The molecule has 63 heavy (non-hydrogen) atoms. The summed E-state index contributed by atoms with van der Waals surface area (Å²) in [7, 11) is 0. The third-order valence-corrected chi connectivity index (χ3v) is 12.4. The topological polar surface area (TPSA) is 61.7 Å². The zero-order chi connectivity index (χ0) is 41.4. The van der Waals surface area contributed by atoms with E-state index in [1.807, 2.05) is 60.7 Å². The minimum atomic E-state index is 0.585. The van der Waals surface area contributed by atoms with Crippen molar-refractivity contribution in [3.05, 3.63) is 212 Å². The second-order valence-corrected chi connectivity index (χ2v) is 16.0. The summed E-state index contributed by atoms with van der Waals surface area (Å²) in [4.78, 5) is 15.0. The number of nitrogens with zero attached hydrogens (tertiary/aromatic N) is 5. The zero-order valence-electron chi connectivity index (χ0n) is 33.9. The third kappa shape index (κ3) is 5.48. The smallest absolute Gasteiger partial charge is 0.164 e. The molecule has 0 aliphatic rings. The number of aromatic nitrogens is 5. The molecule has 0 N–H and O–H groups in total. The molecule has 0 saturated carbocycles. The van der Waals surface area contributed by atoms with E-state index in [0.717, 1.165) is 77.3 Å². The van der Waals surface area contributed by atoms with E-state index in [-0.39, 0.29) is 0 Å². The van der Waals surface area contributed by atoms with Gasteiger partial charge in [-0.05, 0) is 54.1 Å². The molecule has 4 heterocycles. The molecule has 0 radical (unpaired) electrons. The van der Waals surface area contributed by atoms with Gasteiger partial charge in [0.15, 0.2) is 17.5 Å². The van der Waals surface area contributed by atoms with Crippen molar-refractivity contribution in [1.29, 1.82) is 0 Å². The van der Waals surface area contributed by atoms with Crippen LogP contribution in [-0.2, 0) is 0 Å². The van der Waals surface area contributed by atoms with Crippen molar-refractivity contribution in [2.75, 3.05) is 0 Å². The largest absolute Gasteiger partial charge is 0.455 e. The van der Waals surface area contributed by atoms with Gasteiger partial charge >= 0.3 is 0 Å². The van der Waals surface area contributed by atoms with Crippen LogP contribution in [-0.4, -0.2) is 24.1 Å². The fourth-order valence-corrected chi connectivity index (χ4v) is 9.59. The average molecular weight is 806 g/mol. The molecule has 0 aliphatic heterocycles. The van der Waals surface area contributed by atoms with E-state index in [1.165, 1.54) is 27.4 Å². The maximum absolute atomic E-state index is 7.07. The first-order valence-corrected chi connectivity index (χ1v) is 21.2. The van der Waals surface area contributed by atoms with E-state index >= 15 is 0 Å². The summed E-state index contributed by atoms with van der Waals surface area (Å²) in [6, 6.07) is 74.4. The van der Waals surface area contributed by atoms with Crippen molar-refractivity contribution in [3.8, 4) is 56.7 Å². The molecule has 4 aromatic heterocycles. The number of hydrogen-bond donors (Lipinski definition) is 0. The van der Waals surface area contributed by atoms with Gasteiger partial charge in [-0.15, -0.1) is 0 Å². The number of fused-ring (bicyclic) bond motifs is 10. The average Bonchev–Trinajstić information content (AvgIpc) is 4.02. The van der Waals surface area contributed by atoms with Gasteiger partial charge < -0.3 is 13.6 Å². The van der Waals surface area contributed by atoms with E-state index in [1.54, 1.807) is 0 Å². The lowest BCUT2D eigenvalue weighted by Gasteiger charge is -2.16.